The van der Waals surface area contributed by atoms with Crippen molar-refractivity contribution in [1.29, 1.82) is 0 Å². The minimum absolute atomic E-state index is 0.0612. The molecule has 4 rings (SSSR count). The van der Waals surface area contributed by atoms with Gasteiger partial charge in [0.2, 0.25) is 0 Å². The molecule has 3 aromatic rings. The zero-order valence-corrected chi connectivity index (χ0v) is 18.6. The van der Waals surface area contributed by atoms with Gasteiger partial charge in [0.15, 0.2) is 0 Å². The van der Waals surface area contributed by atoms with E-state index < -0.39 is 12.2 Å². The molecule has 0 aliphatic carbocycles. The second-order valence-corrected chi connectivity index (χ2v) is 9.04. The molecule has 0 spiro atoms. The lowest BCUT2D eigenvalue weighted by Gasteiger charge is -2.24. The lowest BCUT2D eigenvalue weighted by Crippen LogP contribution is -2.35. The number of carbonyl (C=O) groups excluding carboxylic acids is 1. The topological polar surface area (TPSA) is 60.2 Å². The average molecular weight is 458 g/mol. The van der Waals surface area contributed by atoms with Crippen LogP contribution in [0.2, 0.25) is 0 Å². The Balaban J connectivity index is 1.67. The summed E-state index contributed by atoms with van der Waals surface area (Å²) in [5, 5.41) is 3.94. The van der Waals surface area contributed by atoms with Crippen LogP contribution < -0.4 is 0 Å². The summed E-state index contributed by atoms with van der Waals surface area (Å²) in [6.07, 6.45) is 1.51. The Bertz CT molecular complexity index is 1140. The summed E-state index contributed by atoms with van der Waals surface area (Å²) >= 11 is 0. The Labute approximate surface area is 190 Å². The third-order valence-electron chi connectivity index (χ3n) is 5.35. The number of rotatable bonds is 4. The number of alkyl halides is 2. The van der Waals surface area contributed by atoms with E-state index in [0.717, 1.165) is 11.1 Å². The molecular formula is C24H25F3N4O2. The predicted molar refractivity (Wildman–Crippen MR) is 117 cm³/mol. The minimum atomic E-state index is -2.75. The molecule has 1 atom stereocenters. The van der Waals surface area contributed by atoms with E-state index >= 15 is 0 Å². The van der Waals surface area contributed by atoms with Gasteiger partial charge in [0.05, 0.1) is 5.69 Å². The minimum Gasteiger partial charge on any atom is -0.444 e. The quantitative estimate of drug-likeness (QED) is 0.491. The third kappa shape index (κ3) is 5.35. The van der Waals surface area contributed by atoms with Crippen LogP contribution in [0.25, 0.3) is 22.5 Å². The largest absolute Gasteiger partial charge is 0.444 e. The number of amides is 1. The maximum absolute atomic E-state index is 13.4. The molecule has 1 amide bonds. The Morgan fingerprint density at radius 2 is 1.82 bits per heavy atom. The highest BCUT2D eigenvalue weighted by Crippen LogP contribution is 2.33. The first-order valence-electron chi connectivity index (χ1n) is 10.7. The molecule has 0 N–H and O–H groups in total. The molecule has 9 heteroatoms. The van der Waals surface area contributed by atoms with Gasteiger partial charge in [0, 0.05) is 30.9 Å². The molecule has 33 heavy (non-hydrogen) atoms. The van der Waals surface area contributed by atoms with E-state index in [4.69, 9.17) is 9.72 Å². The fraction of sp³-hybridized carbons (Fsp3) is 0.375. The van der Waals surface area contributed by atoms with Crippen molar-refractivity contribution in [2.24, 2.45) is 0 Å². The second-order valence-electron chi connectivity index (χ2n) is 9.04. The smallest absolute Gasteiger partial charge is 0.410 e. The summed E-state index contributed by atoms with van der Waals surface area (Å²) in [5.74, 6) is -0.415. The van der Waals surface area contributed by atoms with Crippen LogP contribution >= 0.6 is 0 Å². The van der Waals surface area contributed by atoms with Crippen LogP contribution in [0.3, 0.4) is 0 Å². The number of halogens is 3. The van der Waals surface area contributed by atoms with Crippen LogP contribution in [0, 0.1) is 5.82 Å². The van der Waals surface area contributed by atoms with Gasteiger partial charge in [-0.05, 0) is 68.7 Å². The number of nitrogens with zero attached hydrogens (tertiary/aromatic N) is 4. The highest BCUT2D eigenvalue weighted by Gasteiger charge is 2.31. The van der Waals surface area contributed by atoms with E-state index in [9.17, 15) is 18.0 Å². The number of pyridine rings is 1. The normalized spacial score (nSPS) is 16.5. The molecule has 1 aliphatic heterocycles. The number of hydrogen-bond donors (Lipinski definition) is 0. The van der Waals surface area contributed by atoms with Gasteiger partial charge in [-0.1, -0.05) is 12.1 Å². The Morgan fingerprint density at radius 1 is 1.09 bits per heavy atom. The maximum atomic E-state index is 13.4. The predicted octanol–water partition coefficient (Wildman–Crippen LogP) is 5.87. The number of ether oxygens (including phenoxy) is 1. The SMILES string of the molecule is CC(C)(C)OC(=O)N1CCC(c2cc(-c3ccc(F)cc3)cc(-c3ccn(C(F)F)n3)n2)C1. The van der Waals surface area contributed by atoms with Crippen LogP contribution in [-0.2, 0) is 4.74 Å². The number of carbonyl (C=O) groups is 1. The lowest BCUT2D eigenvalue weighted by molar-refractivity contribution is 0.0292. The van der Waals surface area contributed by atoms with E-state index in [1.165, 1.54) is 24.4 Å². The van der Waals surface area contributed by atoms with Gasteiger partial charge >= 0.3 is 12.6 Å². The van der Waals surface area contributed by atoms with Crippen molar-refractivity contribution in [1.82, 2.24) is 19.7 Å². The van der Waals surface area contributed by atoms with Crippen molar-refractivity contribution < 1.29 is 22.7 Å². The number of likely N-dealkylation sites (tertiary alicyclic amines) is 1. The van der Waals surface area contributed by atoms with Crippen molar-refractivity contribution in [3.8, 4) is 22.5 Å². The standard InChI is InChI=1S/C24H25F3N4O2/c1-24(2,3)33-23(32)30-10-8-16(14-30)20-12-17(15-4-6-18(25)7-5-15)13-21(28-20)19-9-11-31(29-19)22(26)27/h4-7,9,11-13,16,22H,8,10,14H2,1-3H3. The van der Waals surface area contributed by atoms with Gasteiger partial charge < -0.3 is 9.64 Å². The van der Waals surface area contributed by atoms with Gasteiger partial charge in [-0.15, -0.1) is 0 Å². The van der Waals surface area contributed by atoms with Gasteiger partial charge in [0.25, 0.3) is 0 Å². The van der Waals surface area contributed by atoms with Crippen LogP contribution in [0.5, 0.6) is 0 Å². The van der Waals surface area contributed by atoms with Crippen LogP contribution in [0.1, 0.15) is 45.4 Å². The van der Waals surface area contributed by atoms with Gasteiger partial charge in [-0.3, -0.25) is 4.98 Å². The average Bonchev–Trinajstić information content (AvgIpc) is 3.43. The molecule has 174 valence electrons. The van der Waals surface area contributed by atoms with Crippen molar-refractivity contribution in [2.75, 3.05) is 13.1 Å². The molecule has 1 unspecified atom stereocenters. The first-order chi connectivity index (χ1) is 15.6. The third-order valence-corrected chi connectivity index (χ3v) is 5.35. The maximum Gasteiger partial charge on any atom is 0.410 e. The first kappa shape index (κ1) is 22.8. The fourth-order valence-corrected chi connectivity index (χ4v) is 3.78. The summed E-state index contributed by atoms with van der Waals surface area (Å²) in [7, 11) is 0. The van der Waals surface area contributed by atoms with E-state index in [0.29, 0.717) is 41.3 Å². The zero-order chi connectivity index (χ0) is 23.8. The van der Waals surface area contributed by atoms with E-state index in [1.807, 2.05) is 26.8 Å². The number of hydrogen-bond acceptors (Lipinski definition) is 4. The molecule has 2 aromatic heterocycles. The summed E-state index contributed by atoms with van der Waals surface area (Å²) in [4.78, 5) is 18.8. The number of aromatic nitrogens is 3. The number of benzene rings is 1. The Hall–Kier alpha value is -3.36. The molecular weight excluding hydrogens is 433 g/mol. The lowest BCUT2D eigenvalue weighted by atomic mass is 9.98. The van der Waals surface area contributed by atoms with E-state index in [2.05, 4.69) is 5.10 Å². The highest BCUT2D eigenvalue weighted by molar-refractivity contribution is 5.71. The van der Waals surface area contributed by atoms with Crippen LogP contribution in [-0.4, -0.2) is 44.4 Å². The second kappa shape index (κ2) is 8.88. The Morgan fingerprint density at radius 3 is 2.45 bits per heavy atom. The van der Waals surface area contributed by atoms with Crippen LogP contribution in [0.4, 0.5) is 18.0 Å². The van der Waals surface area contributed by atoms with E-state index in [-0.39, 0.29) is 17.8 Å². The van der Waals surface area contributed by atoms with Crippen LogP contribution in [0.15, 0.2) is 48.7 Å². The fourth-order valence-electron chi connectivity index (χ4n) is 3.78. The van der Waals surface area contributed by atoms with Gasteiger partial charge in [0.1, 0.15) is 17.1 Å². The van der Waals surface area contributed by atoms with Crippen molar-refractivity contribution >= 4 is 6.09 Å². The van der Waals surface area contributed by atoms with E-state index in [1.54, 1.807) is 23.1 Å². The molecule has 0 bridgehead atoms. The van der Waals surface area contributed by atoms with Crippen molar-refractivity contribution in [3.63, 3.8) is 0 Å². The van der Waals surface area contributed by atoms with Gasteiger partial charge in [-0.2, -0.15) is 13.9 Å². The molecule has 0 saturated carbocycles. The molecule has 0 radical (unpaired) electrons. The molecule has 6 nitrogen and oxygen atoms in total. The molecule has 1 fully saturated rings. The summed E-state index contributed by atoms with van der Waals surface area (Å²) in [6, 6.07) is 11.1. The van der Waals surface area contributed by atoms with Crippen molar-refractivity contribution in [3.05, 3.63) is 60.2 Å². The highest BCUT2D eigenvalue weighted by atomic mass is 19.3. The summed E-state index contributed by atoms with van der Waals surface area (Å²) < 4.78 is 45.6. The molecule has 1 aromatic carbocycles. The monoisotopic (exact) mass is 458 g/mol. The molecule has 3 heterocycles. The summed E-state index contributed by atoms with van der Waals surface area (Å²) in [6.45, 7) is 3.65. The van der Waals surface area contributed by atoms with Crippen molar-refractivity contribution in [2.45, 2.75) is 45.3 Å². The zero-order valence-electron chi connectivity index (χ0n) is 18.6. The van der Waals surface area contributed by atoms with Gasteiger partial charge in [-0.25, -0.2) is 13.9 Å². The first-order valence-corrected chi connectivity index (χ1v) is 10.7. The Kier molecular flexibility index (Phi) is 6.14. The molecule has 1 aliphatic rings. The summed E-state index contributed by atoms with van der Waals surface area (Å²) in [5.41, 5.74) is 2.38. The molecule has 1 saturated heterocycles.